The lowest BCUT2D eigenvalue weighted by Crippen LogP contribution is -2.43. The van der Waals surface area contributed by atoms with Crippen molar-refractivity contribution in [3.63, 3.8) is 0 Å². The normalized spacial score (nSPS) is 16.9. The number of nitrogens with zero attached hydrogens (tertiary/aromatic N) is 3. The minimum absolute atomic E-state index is 0.121. The molecule has 3 aromatic rings. The van der Waals surface area contributed by atoms with Crippen molar-refractivity contribution in [3.05, 3.63) is 60.2 Å². The number of benzene rings is 2. The summed E-state index contributed by atoms with van der Waals surface area (Å²) in [6, 6.07) is 16.9. The van der Waals surface area contributed by atoms with Crippen LogP contribution in [0.4, 0.5) is 11.8 Å². The van der Waals surface area contributed by atoms with E-state index in [0.717, 1.165) is 42.4 Å². The first-order valence-corrected chi connectivity index (χ1v) is 13.0. The second-order valence-electron chi connectivity index (χ2n) is 9.77. The van der Waals surface area contributed by atoms with E-state index in [-0.39, 0.29) is 30.9 Å². The molecule has 3 amide bonds. The molecule has 1 saturated carbocycles. The van der Waals surface area contributed by atoms with E-state index in [1.165, 1.54) is 0 Å². The van der Waals surface area contributed by atoms with Gasteiger partial charge in [0.25, 0.3) is 5.91 Å². The molecule has 0 unspecified atom stereocenters. The van der Waals surface area contributed by atoms with Gasteiger partial charge in [0.2, 0.25) is 17.8 Å². The summed E-state index contributed by atoms with van der Waals surface area (Å²) in [6.45, 7) is 0.267. The van der Waals surface area contributed by atoms with Crippen LogP contribution in [0, 0.1) is 5.92 Å². The fraction of sp³-hybridized carbons (Fsp3) is 0.393. The number of carbonyl (C=O) groups excluding carboxylic acids is 3. The highest BCUT2D eigenvalue weighted by Crippen LogP contribution is 2.28. The molecule has 10 nitrogen and oxygen atoms in total. The van der Waals surface area contributed by atoms with Gasteiger partial charge in [0.15, 0.2) is 0 Å². The summed E-state index contributed by atoms with van der Waals surface area (Å²) in [4.78, 5) is 47.6. The van der Waals surface area contributed by atoms with Gasteiger partial charge < -0.3 is 26.2 Å². The third kappa shape index (κ3) is 7.41. The second-order valence-corrected chi connectivity index (χ2v) is 9.77. The maximum Gasteiger partial charge on any atom is 0.251 e. The van der Waals surface area contributed by atoms with Gasteiger partial charge in [-0.25, -0.2) is 4.98 Å². The van der Waals surface area contributed by atoms with E-state index in [2.05, 4.69) is 21.3 Å². The smallest absolute Gasteiger partial charge is 0.251 e. The van der Waals surface area contributed by atoms with E-state index in [1.54, 1.807) is 24.3 Å². The molecule has 10 heteroatoms. The Morgan fingerprint density at radius 1 is 0.816 bits per heavy atom. The number of hydrogen-bond donors (Lipinski definition) is 4. The number of anilines is 2. The Morgan fingerprint density at radius 3 is 2.21 bits per heavy atom. The van der Waals surface area contributed by atoms with Crippen LogP contribution in [0.25, 0.3) is 10.9 Å². The van der Waals surface area contributed by atoms with Gasteiger partial charge in [-0.05, 0) is 55.9 Å². The molecule has 0 aliphatic heterocycles. The highest BCUT2D eigenvalue weighted by Gasteiger charge is 2.23. The average molecular weight is 518 g/mol. The van der Waals surface area contributed by atoms with E-state index >= 15 is 0 Å². The molecule has 1 aliphatic rings. The summed E-state index contributed by atoms with van der Waals surface area (Å²) in [5, 5.41) is 12.5. The van der Waals surface area contributed by atoms with Crippen molar-refractivity contribution in [2.75, 3.05) is 43.9 Å². The van der Waals surface area contributed by atoms with E-state index in [1.807, 2.05) is 49.3 Å². The number of hydrogen-bond acceptors (Lipinski definition) is 7. The van der Waals surface area contributed by atoms with Gasteiger partial charge in [0, 0.05) is 37.6 Å². The van der Waals surface area contributed by atoms with E-state index in [4.69, 9.17) is 9.97 Å². The number of nitrogens with one attached hydrogen (secondary N) is 4. The topological polar surface area (TPSA) is 128 Å². The molecule has 0 spiro atoms. The third-order valence-electron chi connectivity index (χ3n) is 6.67. The third-order valence-corrected chi connectivity index (χ3v) is 6.67. The van der Waals surface area contributed by atoms with Crippen molar-refractivity contribution >= 4 is 40.4 Å². The number of aromatic nitrogens is 2. The standard InChI is InChI=1S/C28H35N7O3/c1-35(2)26-22-10-6-7-11-23(22)33-28(34-26)32-21-14-12-19(13-15-21)16-29-24(36)17-30-25(37)18-31-27(38)20-8-4-3-5-9-20/h3-11,19,21H,12-18H2,1-2H3,(H,29,36)(H,30,37)(H,31,38)(H,32,33,34). The second kappa shape index (κ2) is 12.8. The minimum Gasteiger partial charge on any atom is -0.362 e. The summed E-state index contributed by atoms with van der Waals surface area (Å²) in [5.74, 6) is 0.923. The SMILES string of the molecule is CN(C)c1nc(NC2CCC(CNC(=O)CNC(=O)CNC(=O)c3ccccc3)CC2)nc2ccccc12. The van der Waals surface area contributed by atoms with Gasteiger partial charge >= 0.3 is 0 Å². The Bertz CT molecular complexity index is 1260. The Balaban J connectivity index is 1.14. The van der Waals surface area contributed by atoms with Crippen LogP contribution in [-0.2, 0) is 9.59 Å². The Kier molecular flexibility index (Phi) is 9.07. The number of para-hydroxylation sites is 1. The summed E-state index contributed by atoms with van der Waals surface area (Å²) >= 11 is 0. The van der Waals surface area contributed by atoms with Crippen LogP contribution in [0.1, 0.15) is 36.0 Å². The highest BCUT2D eigenvalue weighted by molar-refractivity contribution is 5.96. The molecule has 1 fully saturated rings. The van der Waals surface area contributed by atoms with Gasteiger partial charge in [0.1, 0.15) is 5.82 Å². The number of rotatable bonds is 10. The highest BCUT2D eigenvalue weighted by atomic mass is 16.2. The fourth-order valence-corrected chi connectivity index (χ4v) is 4.57. The van der Waals surface area contributed by atoms with Crippen LogP contribution in [0.15, 0.2) is 54.6 Å². The summed E-state index contributed by atoms with van der Waals surface area (Å²) in [7, 11) is 3.96. The molecule has 0 bridgehead atoms. The molecule has 38 heavy (non-hydrogen) atoms. The first-order chi connectivity index (χ1) is 18.4. The summed E-state index contributed by atoms with van der Waals surface area (Å²) in [6.07, 6.45) is 3.88. The van der Waals surface area contributed by atoms with Gasteiger partial charge in [-0.15, -0.1) is 0 Å². The van der Waals surface area contributed by atoms with Gasteiger partial charge in [-0.2, -0.15) is 4.98 Å². The number of carbonyl (C=O) groups is 3. The monoisotopic (exact) mass is 517 g/mol. The van der Waals surface area contributed by atoms with Gasteiger partial charge in [-0.1, -0.05) is 30.3 Å². The first kappa shape index (κ1) is 26.8. The molecule has 200 valence electrons. The van der Waals surface area contributed by atoms with Crippen LogP contribution in [0.2, 0.25) is 0 Å². The summed E-state index contributed by atoms with van der Waals surface area (Å²) < 4.78 is 0. The van der Waals surface area contributed by atoms with E-state index < -0.39 is 5.91 Å². The predicted octanol–water partition coefficient (Wildman–Crippen LogP) is 2.33. The molecule has 1 heterocycles. The predicted molar refractivity (Wildman–Crippen MR) is 148 cm³/mol. The van der Waals surface area contributed by atoms with Crippen molar-refractivity contribution in [1.82, 2.24) is 25.9 Å². The zero-order chi connectivity index (χ0) is 26.9. The van der Waals surface area contributed by atoms with Crippen molar-refractivity contribution in [1.29, 1.82) is 0 Å². The van der Waals surface area contributed by atoms with Crippen LogP contribution in [-0.4, -0.2) is 67.5 Å². The lowest BCUT2D eigenvalue weighted by atomic mass is 9.86. The molecule has 0 saturated heterocycles. The minimum atomic E-state index is -0.413. The molecule has 0 atom stereocenters. The first-order valence-electron chi connectivity index (χ1n) is 13.0. The fourth-order valence-electron chi connectivity index (χ4n) is 4.57. The van der Waals surface area contributed by atoms with Gasteiger partial charge in [-0.3, -0.25) is 14.4 Å². The van der Waals surface area contributed by atoms with Crippen LogP contribution >= 0.6 is 0 Å². The lowest BCUT2D eigenvalue weighted by Gasteiger charge is -2.29. The molecule has 0 radical (unpaired) electrons. The molecule has 1 aliphatic carbocycles. The Morgan fingerprint density at radius 2 is 1.47 bits per heavy atom. The maximum absolute atomic E-state index is 12.2. The Hall–Kier alpha value is -4.21. The Labute approximate surface area is 222 Å². The van der Waals surface area contributed by atoms with Crippen molar-refractivity contribution < 1.29 is 14.4 Å². The molecule has 4 N–H and O–H groups in total. The van der Waals surface area contributed by atoms with Crippen molar-refractivity contribution in [2.24, 2.45) is 5.92 Å². The van der Waals surface area contributed by atoms with Crippen LogP contribution < -0.4 is 26.2 Å². The molecule has 2 aromatic carbocycles. The molecule has 4 rings (SSSR count). The van der Waals surface area contributed by atoms with Gasteiger partial charge in [0.05, 0.1) is 18.6 Å². The van der Waals surface area contributed by atoms with Crippen molar-refractivity contribution in [3.8, 4) is 0 Å². The van der Waals surface area contributed by atoms with Crippen LogP contribution in [0.5, 0.6) is 0 Å². The average Bonchev–Trinajstić information content (AvgIpc) is 2.94. The molecular weight excluding hydrogens is 482 g/mol. The lowest BCUT2D eigenvalue weighted by molar-refractivity contribution is -0.125. The number of fused-ring (bicyclic) bond motifs is 1. The maximum atomic E-state index is 12.2. The largest absolute Gasteiger partial charge is 0.362 e. The molecular formula is C28H35N7O3. The van der Waals surface area contributed by atoms with E-state index in [9.17, 15) is 14.4 Å². The number of amides is 3. The zero-order valence-electron chi connectivity index (χ0n) is 21.9. The quantitative estimate of drug-likeness (QED) is 0.325. The molecule has 1 aromatic heterocycles. The summed E-state index contributed by atoms with van der Waals surface area (Å²) in [5.41, 5.74) is 1.39. The zero-order valence-corrected chi connectivity index (χ0v) is 21.9. The van der Waals surface area contributed by atoms with E-state index in [0.29, 0.717) is 24.0 Å². The van der Waals surface area contributed by atoms with Crippen molar-refractivity contribution in [2.45, 2.75) is 31.7 Å². The van der Waals surface area contributed by atoms with Crippen LogP contribution in [0.3, 0.4) is 0 Å².